The normalized spacial score (nSPS) is 12.2. The van der Waals surface area contributed by atoms with Crippen molar-refractivity contribution in [1.29, 1.82) is 0 Å². The van der Waals surface area contributed by atoms with Crippen molar-refractivity contribution in [3.8, 4) is 11.5 Å². The van der Waals surface area contributed by atoms with Gasteiger partial charge in [0, 0.05) is 10.5 Å². The van der Waals surface area contributed by atoms with Gasteiger partial charge in [-0.3, -0.25) is 0 Å². The molecule has 0 bridgehead atoms. The monoisotopic (exact) mass is 383 g/mol. The van der Waals surface area contributed by atoms with Gasteiger partial charge in [-0.25, -0.2) is 0 Å². The first-order valence-corrected chi connectivity index (χ1v) is 7.61. The Morgan fingerprint density at radius 2 is 1.84 bits per heavy atom. The summed E-state index contributed by atoms with van der Waals surface area (Å²) in [6, 6.07) is 13.9. The molecule has 0 aliphatic rings. The summed E-state index contributed by atoms with van der Waals surface area (Å²) in [5.74, 6) is 1.60. The van der Waals surface area contributed by atoms with Crippen LogP contribution < -0.4 is 10.5 Å². The predicted octanol–water partition coefficient (Wildman–Crippen LogP) is 4.89. The number of hydrogen-bond acceptors (Lipinski definition) is 2. The number of ether oxygens (including phenoxy) is 1. The molecule has 0 fully saturated rings. The average molecular weight is 385 g/mol. The van der Waals surface area contributed by atoms with Crippen molar-refractivity contribution in [1.82, 2.24) is 0 Å². The highest BCUT2D eigenvalue weighted by Gasteiger charge is 2.06. The molecule has 0 aliphatic heterocycles. The summed E-state index contributed by atoms with van der Waals surface area (Å²) in [6.45, 7) is 2.00. The number of hydrogen-bond donors (Lipinski definition) is 1. The summed E-state index contributed by atoms with van der Waals surface area (Å²) in [5, 5.41) is 0. The fourth-order valence-corrected chi connectivity index (χ4v) is 2.64. The molecular formula is C15H15Br2NO. The lowest BCUT2D eigenvalue weighted by atomic mass is 10.1. The number of halogens is 2. The van der Waals surface area contributed by atoms with Gasteiger partial charge >= 0.3 is 0 Å². The molecule has 2 nitrogen and oxygen atoms in total. The van der Waals surface area contributed by atoms with E-state index < -0.39 is 0 Å². The van der Waals surface area contributed by atoms with Crippen LogP contribution in [0.25, 0.3) is 0 Å². The molecule has 2 aromatic carbocycles. The van der Waals surface area contributed by atoms with E-state index in [1.807, 2.05) is 49.4 Å². The number of benzene rings is 2. The molecule has 4 heteroatoms. The highest BCUT2D eigenvalue weighted by atomic mass is 79.9. The van der Waals surface area contributed by atoms with Crippen LogP contribution in [0.2, 0.25) is 0 Å². The van der Waals surface area contributed by atoms with Crippen LogP contribution in [-0.4, -0.2) is 6.04 Å². The molecule has 2 rings (SSSR count). The summed E-state index contributed by atoms with van der Waals surface area (Å²) >= 11 is 7.03. The van der Waals surface area contributed by atoms with E-state index in [4.69, 9.17) is 10.5 Å². The SMILES string of the molecule is CC(N)Cc1ccc(Oc2ccccc2Br)cc1Br. The van der Waals surface area contributed by atoms with E-state index in [1.165, 1.54) is 5.56 Å². The summed E-state index contributed by atoms with van der Waals surface area (Å²) in [4.78, 5) is 0. The third-order valence-corrected chi connectivity index (χ3v) is 4.02. The standard InChI is InChI=1S/C15H15Br2NO/c1-10(18)8-11-6-7-12(9-14(11)17)19-15-5-3-2-4-13(15)16/h2-7,9-10H,8,18H2,1H3. The first-order chi connectivity index (χ1) is 9.06. The molecule has 19 heavy (non-hydrogen) atoms. The van der Waals surface area contributed by atoms with E-state index in [0.29, 0.717) is 0 Å². The lowest BCUT2D eigenvalue weighted by molar-refractivity contribution is 0.479. The van der Waals surface area contributed by atoms with Crippen molar-refractivity contribution >= 4 is 31.9 Å². The van der Waals surface area contributed by atoms with Crippen molar-refractivity contribution in [2.45, 2.75) is 19.4 Å². The highest BCUT2D eigenvalue weighted by molar-refractivity contribution is 9.10. The number of rotatable bonds is 4. The summed E-state index contributed by atoms with van der Waals surface area (Å²) < 4.78 is 7.80. The van der Waals surface area contributed by atoms with Crippen LogP contribution in [0.1, 0.15) is 12.5 Å². The van der Waals surface area contributed by atoms with E-state index in [2.05, 4.69) is 31.9 Å². The molecule has 2 N–H and O–H groups in total. The molecule has 100 valence electrons. The van der Waals surface area contributed by atoms with Gasteiger partial charge in [0.25, 0.3) is 0 Å². The third-order valence-electron chi connectivity index (χ3n) is 2.63. The van der Waals surface area contributed by atoms with Gasteiger partial charge in [-0.2, -0.15) is 0 Å². The van der Waals surface area contributed by atoms with E-state index >= 15 is 0 Å². The van der Waals surface area contributed by atoms with E-state index in [1.54, 1.807) is 0 Å². The van der Waals surface area contributed by atoms with Gasteiger partial charge in [-0.05, 0) is 59.1 Å². The molecule has 0 amide bonds. The second-order valence-corrected chi connectivity index (χ2v) is 6.18. The molecule has 0 radical (unpaired) electrons. The fraction of sp³-hybridized carbons (Fsp3) is 0.200. The molecule has 0 saturated heterocycles. The predicted molar refractivity (Wildman–Crippen MR) is 85.7 cm³/mol. The summed E-state index contributed by atoms with van der Waals surface area (Å²) in [5.41, 5.74) is 7.01. The zero-order valence-corrected chi connectivity index (χ0v) is 13.7. The minimum atomic E-state index is 0.145. The number of para-hydroxylation sites is 1. The molecule has 0 aliphatic carbocycles. The average Bonchev–Trinajstić information content (AvgIpc) is 2.35. The van der Waals surface area contributed by atoms with Gasteiger partial charge in [-0.15, -0.1) is 0 Å². The number of nitrogens with two attached hydrogens (primary N) is 1. The summed E-state index contributed by atoms with van der Waals surface area (Å²) in [7, 11) is 0. The molecule has 2 aromatic rings. The van der Waals surface area contributed by atoms with Crippen LogP contribution in [0.5, 0.6) is 11.5 Å². The third kappa shape index (κ3) is 4.06. The Hall–Kier alpha value is -0.840. The first-order valence-electron chi connectivity index (χ1n) is 6.02. The maximum atomic E-state index is 5.84. The van der Waals surface area contributed by atoms with Gasteiger partial charge in [0.2, 0.25) is 0 Å². The van der Waals surface area contributed by atoms with Gasteiger partial charge in [0.15, 0.2) is 0 Å². The molecule has 0 saturated carbocycles. The highest BCUT2D eigenvalue weighted by Crippen LogP contribution is 2.31. The van der Waals surface area contributed by atoms with Crippen molar-refractivity contribution in [3.05, 3.63) is 57.0 Å². The Kier molecular flexibility index (Phi) is 5.02. The van der Waals surface area contributed by atoms with Gasteiger partial charge in [0.1, 0.15) is 11.5 Å². The molecule has 1 atom stereocenters. The Morgan fingerprint density at radius 1 is 1.11 bits per heavy atom. The first kappa shape index (κ1) is 14.6. The topological polar surface area (TPSA) is 35.2 Å². The molecule has 0 aromatic heterocycles. The lowest BCUT2D eigenvalue weighted by Gasteiger charge is -2.11. The van der Waals surface area contributed by atoms with Crippen LogP contribution >= 0.6 is 31.9 Å². The molecule has 0 heterocycles. The maximum Gasteiger partial charge on any atom is 0.141 e. The Balaban J connectivity index is 2.19. The van der Waals surface area contributed by atoms with E-state index in [0.717, 1.165) is 26.9 Å². The van der Waals surface area contributed by atoms with Crippen LogP contribution in [0.4, 0.5) is 0 Å². The van der Waals surface area contributed by atoms with Crippen LogP contribution in [0.3, 0.4) is 0 Å². The van der Waals surface area contributed by atoms with E-state index in [9.17, 15) is 0 Å². The Morgan fingerprint density at radius 3 is 2.47 bits per heavy atom. The second-order valence-electron chi connectivity index (χ2n) is 4.47. The zero-order chi connectivity index (χ0) is 13.8. The molecule has 0 spiro atoms. The van der Waals surface area contributed by atoms with Gasteiger partial charge in [0.05, 0.1) is 4.47 Å². The molecular weight excluding hydrogens is 370 g/mol. The Bertz CT molecular complexity index is 570. The van der Waals surface area contributed by atoms with Crippen LogP contribution in [0, 0.1) is 0 Å². The maximum absolute atomic E-state index is 5.84. The zero-order valence-electron chi connectivity index (χ0n) is 10.6. The Labute approximate surface area is 130 Å². The van der Waals surface area contributed by atoms with Crippen molar-refractivity contribution in [2.24, 2.45) is 5.73 Å². The van der Waals surface area contributed by atoms with E-state index in [-0.39, 0.29) is 6.04 Å². The van der Waals surface area contributed by atoms with Crippen LogP contribution in [0.15, 0.2) is 51.4 Å². The minimum absolute atomic E-state index is 0.145. The van der Waals surface area contributed by atoms with Gasteiger partial charge in [-0.1, -0.05) is 34.1 Å². The molecule has 1 unspecified atom stereocenters. The minimum Gasteiger partial charge on any atom is -0.456 e. The lowest BCUT2D eigenvalue weighted by Crippen LogP contribution is -2.17. The van der Waals surface area contributed by atoms with Crippen molar-refractivity contribution in [2.75, 3.05) is 0 Å². The van der Waals surface area contributed by atoms with Gasteiger partial charge < -0.3 is 10.5 Å². The largest absolute Gasteiger partial charge is 0.456 e. The fourth-order valence-electron chi connectivity index (χ4n) is 1.76. The van der Waals surface area contributed by atoms with Crippen LogP contribution in [-0.2, 0) is 6.42 Å². The van der Waals surface area contributed by atoms with Crippen molar-refractivity contribution in [3.63, 3.8) is 0 Å². The quantitative estimate of drug-likeness (QED) is 0.813. The smallest absolute Gasteiger partial charge is 0.141 e. The second kappa shape index (κ2) is 6.55. The summed E-state index contributed by atoms with van der Waals surface area (Å²) in [6.07, 6.45) is 0.843. The van der Waals surface area contributed by atoms with Crippen molar-refractivity contribution < 1.29 is 4.74 Å².